The van der Waals surface area contributed by atoms with Crippen molar-refractivity contribution in [2.45, 2.75) is 0 Å². The minimum absolute atomic E-state index is 0.393. The molecule has 0 fully saturated rings. The second-order valence-corrected chi connectivity index (χ2v) is 3.90. The van der Waals surface area contributed by atoms with Gasteiger partial charge in [-0.1, -0.05) is 0 Å². The molecule has 0 spiro atoms. The lowest BCUT2D eigenvalue weighted by Gasteiger charge is -2.10. The third-order valence-corrected chi connectivity index (χ3v) is 2.76. The fourth-order valence-corrected chi connectivity index (χ4v) is 1.82. The monoisotopic (exact) mass is 257 g/mol. The van der Waals surface area contributed by atoms with Crippen molar-refractivity contribution in [1.29, 1.82) is 5.26 Å². The van der Waals surface area contributed by atoms with Gasteiger partial charge >= 0.3 is 0 Å². The fourth-order valence-electron chi connectivity index (χ4n) is 1.82. The van der Waals surface area contributed by atoms with Crippen molar-refractivity contribution in [3.63, 3.8) is 0 Å². The molecule has 0 N–H and O–H groups in total. The van der Waals surface area contributed by atoms with Crippen LogP contribution in [0.2, 0.25) is 0 Å². The third-order valence-electron chi connectivity index (χ3n) is 2.76. The highest BCUT2D eigenvalue weighted by atomic mass is 19.1. The maximum atomic E-state index is 13.4. The lowest BCUT2D eigenvalue weighted by molar-refractivity contribution is 0.394. The van der Waals surface area contributed by atoms with Gasteiger partial charge in [-0.15, -0.1) is 0 Å². The Bertz CT molecular complexity index is 625. The van der Waals surface area contributed by atoms with Gasteiger partial charge < -0.3 is 9.47 Å². The first-order valence-corrected chi connectivity index (χ1v) is 5.61. The zero-order chi connectivity index (χ0) is 13.8. The zero-order valence-electron chi connectivity index (χ0n) is 10.6. The number of hydrogen-bond donors (Lipinski definition) is 0. The molecule has 0 aliphatic heterocycles. The van der Waals surface area contributed by atoms with Crippen LogP contribution in [0.3, 0.4) is 0 Å². The molecule has 0 radical (unpaired) electrons. The number of benzene rings is 2. The minimum atomic E-state index is -0.393. The Morgan fingerprint density at radius 3 is 2.16 bits per heavy atom. The van der Waals surface area contributed by atoms with Crippen molar-refractivity contribution in [2.75, 3.05) is 14.2 Å². The van der Waals surface area contributed by atoms with E-state index in [1.807, 2.05) is 6.07 Å². The number of nitriles is 1. The highest BCUT2D eigenvalue weighted by Gasteiger charge is 2.09. The van der Waals surface area contributed by atoms with Gasteiger partial charge in [0.1, 0.15) is 17.3 Å². The van der Waals surface area contributed by atoms with Gasteiger partial charge in [0.2, 0.25) is 0 Å². The molecule has 0 aliphatic rings. The molecule has 0 unspecified atom stereocenters. The summed E-state index contributed by atoms with van der Waals surface area (Å²) in [6, 6.07) is 11.3. The number of hydrogen-bond acceptors (Lipinski definition) is 3. The molecule has 0 saturated carbocycles. The molecular weight excluding hydrogens is 245 g/mol. The summed E-state index contributed by atoms with van der Waals surface area (Å²) in [5, 5.41) is 9.09. The molecule has 96 valence electrons. The average molecular weight is 257 g/mol. The van der Waals surface area contributed by atoms with Crippen molar-refractivity contribution < 1.29 is 13.9 Å². The molecule has 2 aromatic carbocycles. The van der Waals surface area contributed by atoms with Gasteiger partial charge in [0, 0.05) is 11.6 Å². The van der Waals surface area contributed by atoms with Gasteiger partial charge in [-0.2, -0.15) is 5.26 Å². The van der Waals surface area contributed by atoms with Crippen LogP contribution in [0.4, 0.5) is 4.39 Å². The summed E-state index contributed by atoms with van der Waals surface area (Å²) in [6.07, 6.45) is 0. The quantitative estimate of drug-likeness (QED) is 0.846. The van der Waals surface area contributed by atoms with Crippen molar-refractivity contribution in [3.8, 4) is 28.7 Å². The van der Waals surface area contributed by atoms with E-state index < -0.39 is 5.82 Å². The molecular formula is C15H12FNO2. The van der Waals surface area contributed by atoms with E-state index in [-0.39, 0.29) is 0 Å². The van der Waals surface area contributed by atoms with Gasteiger partial charge in [-0.3, -0.25) is 0 Å². The molecule has 0 atom stereocenters. The highest BCUT2D eigenvalue weighted by Crippen LogP contribution is 2.31. The van der Waals surface area contributed by atoms with Crippen LogP contribution in [0, 0.1) is 17.1 Å². The van der Waals surface area contributed by atoms with Crippen LogP contribution in [0.25, 0.3) is 11.1 Å². The second-order valence-electron chi connectivity index (χ2n) is 3.90. The maximum absolute atomic E-state index is 13.4. The summed E-state index contributed by atoms with van der Waals surface area (Å²) in [4.78, 5) is 0. The smallest absolute Gasteiger partial charge is 0.123 e. The zero-order valence-corrected chi connectivity index (χ0v) is 10.6. The van der Waals surface area contributed by atoms with E-state index in [0.717, 1.165) is 0 Å². The normalized spacial score (nSPS) is 9.79. The van der Waals surface area contributed by atoms with E-state index in [1.54, 1.807) is 18.2 Å². The van der Waals surface area contributed by atoms with Crippen LogP contribution < -0.4 is 9.47 Å². The summed E-state index contributed by atoms with van der Waals surface area (Å²) in [5.41, 5.74) is 1.59. The highest BCUT2D eigenvalue weighted by molar-refractivity contribution is 5.73. The lowest BCUT2D eigenvalue weighted by atomic mass is 9.99. The van der Waals surface area contributed by atoms with E-state index in [4.69, 9.17) is 14.7 Å². The standard InChI is InChI=1S/C15H12FNO2/c1-18-13-5-11(6-14(8-13)19-2)15-7-12(16)4-3-10(15)9-17/h3-8H,1-2H3. The Balaban J connectivity index is 2.64. The van der Waals surface area contributed by atoms with Gasteiger partial charge in [0.15, 0.2) is 0 Å². The van der Waals surface area contributed by atoms with Crippen LogP contribution in [-0.4, -0.2) is 14.2 Å². The molecule has 0 aliphatic carbocycles. The van der Waals surface area contributed by atoms with E-state index in [2.05, 4.69) is 0 Å². The molecule has 0 bridgehead atoms. The summed E-state index contributed by atoms with van der Waals surface area (Å²) in [7, 11) is 3.07. The van der Waals surface area contributed by atoms with Crippen molar-refractivity contribution >= 4 is 0 Å². The van der Waals surface area contributed by atoms with Gasteiger partial charge in [0.05, 0.1) is 25.9 Å². The molecule has 0 saturated heterocycles. The van der Waals surface area contributed by atoms with Crippen LogP contribution in [0.15, 0.2) is 36.4 Å². The fraction of sp³-hybridized carbons (Fsp3) is 0.133. The van der Waals surface area contributed by atoms with Crippen molar-refractivity contribution in [2.24, 2.45) is 0 Å². The van der Waals surface area contributed by atoms with Gasteiger partial charge in [-0.05, 0) is 35.9 Å². The Labute approximate surface area is 110 Å². The van der Waals surface area contributed by atoms with E-state index in [9.17, 15) is 4.39 Å². The first-order valence-electron chi connectivity index (χ1n) is 5.61. The molecule has 2 rings (SSSR count). The first kappa shape index (κ1) is 12.9. The molecule has 2 aromatic rings. The Kier molecular flexibility index (Phi) is 3.67. The summed E-state index contributed by atoms with van der Waals surface area (Å²) >= 11 is 0. The molecule has 0 heterocycles. The van der Waals surface area contributed by atoms with E-state index in [1.165, 1.54) is 32.4 Å². The minimum Gasteiger partial charge on any atom is -0.497 e. The predicted molar refractivity (Wildman–Crippen MR) is 69.7 cm³/mol. The summed E-state index contributed by atoms with van der Waals surface area (Å²) in [5.74, 6) is 0.779. The molecule has 0 amide bonds. The Morgan fingerprint density at radius 1 is 1.00 bits per heavy atom. The molecule has 19 heavy (non-hydrogen) atoms. The van der Waals surface area contributed by atoms with Gasteiger partial charge in [0.25, 0.3) is 0 Å². The Hall–Kier alpha value is -2.54. The number of rotatable bonds is 3. The van der Waals surface area contributed by atoms with Crippen LogP contribution in [-0.2, 0) is 0 Å². The van der Waals surface area contributed by atoms with Crippen molar-refractivity contribution in [1.82, 2.24) is 0 Å². The van der Waals surface area contributed by atoms with Crippen LogP contribution in [0.5, 0.6) is 11.5 Å². The first-order chi connectivity index (χ1) is 9.17. The molecule has 3 nitrogen and oxygen atoms in total. The largest absolute Gasteiger partial charge is 0.497 e. The van der Waals surface area contributed by atoms with E-state index >= 15 is 0 Å². The van der Waals surface area contributed by atoms with Gasteiger partial charge in [-0.25, -0.2) is 4.39 Å². The van der Waals surface area contributed by atoms with E-state index in [0.29, 0.717) is 28.2 Å². The topological polar surface area (TPSA) is 42.2 Å². The number of nitrogens with zero attached hydrogens (tertiary/aromatic N) is 1. The molecule has 4 heteroatoms. The SMILES string of the molecule is COc1cc(OC)cc(-c2cc(F)ccc2C#N)c1. The summed E-state index contributed by atoms with van der Waals surface area (Å²) in [6.45, 7) is 0. The molecule has 0 aromatic heterocycles. The van der Waals surface area contributed by atoms with Crippen LogP contribution in [0.1, 0.15) is 5.56 Å². The number of halogens is 1. The Morgan fingerprint density at radius 2 is 1.63 bits per heavy atom. The lowest BCUT2D eigenvalue weighted by Crippen LogP contribution is -1.91. The van der Waals surface area contributed by atoms with Crippen LogP contribution >= 0.6 is 0 Å². The number of ether oxygens (including phenoxy) is 2. The van der Waals surface area contributed by atoms with Crippen molar-refractivity contribution in [3.05, 3.63) is 47.8 Å². The number of methoxy groups -OCH3 is 2. The third kappa shape index (κ3) is 2.66. The average Bonchev–Trinajstić information content (AvgIpc) is 2.46. The predicted octanol–water partition coefficient (Wildman–Crippen LogP) is 3.38. The summed E-state index contributed by atoms with van der Waals surface area (Å²) < 4.78 is 23.7. The maximum Gasteiger partial charge on any atom is 0.123 e. The second kappa shape index (κ2) is 5.40.